The van der Waals surface area contributed by atoms with Gasteiger partial charge in [0, 0.05) is 0 Å². The summed E-state index contributed by atoms with van der Waals surface area (Å²) in [7, 11) is 0. The Morgan fingerprint density at radius 3 is 1.74 bits per heavy atom. The predicted octanol–water partition coefficient (Wildman–Crippen LogP) is 7.31. The van der Waals surface area contributed by atoms with Crippen LogP contribution >= 0.6 is 32.1 Å². The van der Waals surface area contributed by atoms with E-state index in [1.165, 1.54) is 5.56 Å². The molecule has 192 valence electrons. The van der Waals surface area contributed by atoms with Crippen LogP contribution in [0.25, 0.3) is 10.6 Å². The monoisotopic (exact) mass is 601 g/mol. The average molecular weight is 603 g/mol. The first-order valence-corrected chi connectivity index (χ1v) is 17.7. The predicted molar refractivity (Wildman–Crippen MR) is 166 cm³/mol. The number of carbonyl (C=O) groups is 1. The molecule has 0 fully saturated rings. The van der Waals surface area contributed by atoms with E-state index in [9.17, 15) is 4.79 Å². The first-order chi connectivity index (χ1) is 18.4. The topological polar surface area (TPSA) is 39.2 Å². The number of esters is 1. The maximum absolute atomic E-state index is 13.8. The molecule has 3 nitrogen and oxygen atoms in total. The van der Waals surface area contributed by atoms with Crippen molar-refractivity contribution in [3.8, 4) is 10.6 Å². The van der Waals surface area contributed by atoms with Crippen LogP contribution in [0, 0.1) is 13.8 Å². The van der Waals surface area contributed by atoms with Gasteiger partial charge < -0.3 is 0 Å². The van der Waals surface area contributed by atoms with Crippen molar-refractivity contribution in [1.82, 2.24) is 4.98 Å². The number of aryl methyl sites for hydroxylation is 2. The van der Waals surface area contributed by atoms with Crippen molar-refractivity contribution in [2.45, 2.75) is 20.5 Å². The van der Waals surface area contributed by atoms with Crippen LogP contribution in [0.2, 0.25) is 0 Å². The van der Waals surface area contributed by atoms with Crippen molar-refractivity contribution in [2.24, 2.45) is 0 Å². The zero-order chi connectivity index (χ0) is 26.6. The van der Waals surface area contributed by atoms with Crippen molar-refractivity contribution < 1.29 is 9.53 Å². The Balaban J connectivity index is 1.51. The summed E-state index contributed by atoms with van der Waals surface area (Å²) in [6, 6.07) is 39.1. The molecule has 4 aromatic carbocycles. The van der Waals surface area contributed by atoms with E-state index < -0.39 is 5.31 Å². The molecule has 0 N–H and O–H groups in total. The van der Waals surface area contributed by atoms with Gasteiger partial charge >= 0.3 is 237 Å². The number of ether oxygens (including phenoxy) is 1. The second-order valence-corrected chi connectivity index (χ2v) is 19.4. The van der Waals surface area contributed by atoms with Crippen LogP contribution in [0.1, 0.15) is 16.1 Å². The molecule has 6 heteroatoms. The molecule has 0 bridgehead atoms. The summed E-state index contributed by atoms with van der Waals surface area (Å²) in [6.07, 6.45) is 0.201. The third-order valence-electron chi connectivity index (χ3n) is 6.94. The third-order valence-corrected chi connectivity index (χ3v) is 17.5. The normalized spacial score (nSPS) is 12.4. The zero-order valence-corrected chi connectivity index (χ0v) is 24.7. The summed E-state index contributed by atoms with van der Waals surface area (Å²) in [5.41, 5.74) is 3.18. The van der Waals surface area contributed by atoms with Gasteiger partial charge in [0.1, 0.15) is 0 Å². The molecule has 5 rings (SSSR count). The van der Waals surface area contributed by atoms with Gasteiger partial charge in [-0.3, -0.25) is 0 Å². The maximum atomic E-state index is 13.8. The molecular weight excluding hydrogens is 573 g/mol. The van der Waals surface area contributed by atoms with E-state index in [1.54, 1.807) is 11.3 Å². The molecule has 0 atom stereocenters. The molecule has 5 aromatic rings. The zero-order valence-electron chi connectivity index (χ0n) is 21.4. The Kier molecular flexibility index (Phi) is 7.63. The van der Waals surface area contributed by atoms with Crippen LogP contribution in [0.4, 0.5) is 0 Å². The molecule has 0 spiro atoms. The van der Waals surface area contributed by atoms with Crippen molar-refractivity contribution >= 4 is 54.0 Å². The van der Waals surface area contributed by atoms with E-state index in [2.05, 4.69) is 70.9 Å². The van der Waals surface area contributed by atoms with Crippen LogP contribution in [0.3, 0.4) is 0 Å². The van der Waals surface area contributed by atoms with Gasteiger partial charge in [-0.25, -0.2) is 0 Å². The van der Waals surface area contributed by atoms with E-state index in [0.717, 1.165) is 37.1 Å². The van der Waals surface area contributed by atoms with E-state index in [4.69, 9.17) is 9.72 Å². The van der Waals surface area contributed by atoms with Crippen molar-refractivity contribution in [3.05, 3.63) is 131 Å². The average Bonchev–Trinajstić information content (AvgIpc) is 3.33. The second-order valence-electron chi connectivity index (χ2n) is 9.35. The molecule has 0 aliphatic heterocycles. The number of carbonyl (C=O) groups excluding carboxylic acids is 1. The minimum atomic E-state index is -3.39. The molecule has 1 heterocycles. The van der Waals surface area contributed by atoms with Crippen LogP contribution in [-0.2, 0) is 16.1 Å². The molecule has 0 aliphatic rings. The second kappa shape index (κ2) is 10.9. The summed E-state index contributed by atoms with van der Waals surface area (Å²) in [5.74, 6) is -0.249. The number of rotatable bonds is 8. The fraction of sp³-hybridized carbons (Fsp3) is 0.125. The summed E-state index contributed by atoms with van der Waals surface area (Å²) >= 11 is 5.91. The van der Waals surface area contributed by atoms with Gasteiger partial charge in [0.25, 0.3) is 0 Å². The Morgan fingerprint density at radius 2 is 1.24 bits per heavy atom. The van der Waals surface area contributed by atoms with Crippen LogP contribution in [-0.4, -0.2) is 17.1 Å². The van der Waals surface area contributed by atoms with Gasteiger partial charge in [-0.15, -0.1) is 0 Å². The standard InChI is InChI=1S/C32H29BrNO2PS/c1-24-14-12-13-21-29(24)32-34-25(2)30(38-32)22-36-31(35)23-37(33,26-15-6-3-7-16-26,27-17-8-4-9-18-27)28-19-10-5-11-20-28/h3-21H,22-23H2,1-2H3. The molecule has 0 aliphatic carbocycles. The molecular formula is C32H29BrNO2PS. The van der Waals surface area contributed by atoms with E-state index >= 15 is 0 Å². The van der Waals surface area contributed by atoms with Crippen LogP contribution in [0.15, 0.2) is 115 Å². The Hall–Kier alpha value is -3.11. The number of hydrogen-bond acceptors (Lipinski definition) is 4. The number of benzene rings is 4. The summed E-state index contributed by atoms with van der Waals surface area (Å²) in [5, 5.41) is 0.821. The summed E-state index contributed by atoms with van der Waals surface area (Å²) < 4.78 is 6.01. The van der Waals surface area contributed by atoms with Gasteiger partial charge in [0.2, 0.25) is 0 Å². The van der Waals surface area contributed by atoms with Gasteiger partial charge in [-0.05, 0) is 0 Å². The van der Waals surface area contributed by atoms with Gasteiger partial charge in [-0.1, -0.05) is 0 Å². The van der Waals surface area contributed by atoms with Gasteiger partial charge in [0.15, 0.2) is 0 Å². The molecule has 1 aromatic heterocycles. The molecule has 0 radical (unpaired) electrons. The molecule has 0 saturated carbocycles. The van der Waals surface area contributed by atoms with E-state index in [0.29, 0.717) is 0 Å². The van der Waals surface area contributed by atoms with Crippen molar-refractivity contribution in [1.29, 1.82) is 0 Å². The minimum absolute atomic E-state index is 0.200. The van der Waals surface area contributed by atoms with E-state index in [1.807, 2.05) is 73.7 Å². The van der Waals surface area contributed by atoms with Crippen molar-refractivity contribution in [2.75, 3.05) is 6.16 Å². The Morgan fingerprint density at radius 1 is 0.763 bits per heavy atom. The number of nitrogens with zero attached hydrogens (tertiary/aromatic N) is 1. The van der Waals surface area contributed by atoms with Gasteiger partial charge in [0.05, 0.1) is 0 Å². The molecule has 0 unspecified atom stereocenters. The van der Waals surface area contributed by atoms with Crippen LogP contribution in [0.5, 0.6) is 0 Å². The number of aromatic nitrogens is 1. The Labute approximate surface area is 236 Å². The molecule has 0 saturated heterocycles. The number of hydrogen-bond donors (Lipinski definition) is 0. The third kappa shape index (κ3) is 4.87. The SMILES string of the molecule is Cc1ccccc1-c1nc(C)c(COC(=O)CP(Br)(c2ccccc2)(c2ccccc2)c2ccccc2)s1. The molecule has 38 heavy (non-hydrogen) atoms. The first kappa shape index (κ1) is 26.5. The van der Waals surface area contributed by atoms with Crippen molar-refractivity contribution in [3.63, 3.8) is 0 Å². The fourth-order valence-electron chi connectivity index (χ4n) is 4.86. The van der Waals surface area contributed by atoms with Crippen LogP contribution < -0.4 is 15.9 Å². The summed E-state index contributed by atoms with van der Waals surface area (Å²) in [4.78, 5) is 19.5. The first-order valence-electron chi connectivity index (χ1n) is 12.5. The quantitative estimate of drug-likeness (QED) is 0.138. The Bertz CT molecular complexity index is 1460. The van der Waals surface area contributed by atoms with Gasteiger partial charge in [-0.2, -0.15) is 0 Å². The van der Waals surface area contributed by atoms with E-state index in [-0.39, 0.29) is 18.7 Å². The molecule has 0 amide bonds. The summed E-state index contributed by atoms with van der Waals surface area (Å²) in [6.45, 7) is 4.26. The fourth-order valence-corrected chi connectivity index (χ4v) is 13.1. The number of thiazole rings is 1. The number of halogens is 1.